The van der Waals surface area contributed by atoms with Gasteiger partial charge in [0.15, 0.2) is 0 Å². The van der Waals surface area contributed by atoms with Gasteiger partial charge in [-0.15, -0.1) is 0 Å². The molecule has 0 saturated heterocycles. The summed E-state index contributed by atoms with van der Waals surface area (Å²) < 4.78 is 18.0. The molecule has 20 heavy (non-hydrogen) atoms. The first-order valence-electron chi connectivity index (χ1n) is 5.60. The molecule has 2 rings (SSSR count). The molecule has 6 heteroatoms. The topological polar surface area (TPSA) is 76.5 Å². The molecule has 0 amide bonds. The van der Waals surface area contributed by atoms with Crippen LogP contribution in [0.5, 0.6) is 0 Å². The Morgan fingerprint density at radius 1 is 1.20 bits per heavy atom. The molecule has 0 fully saturated rings. The quantitative estimate of drug-likeness (QED) is 0.870. The number of hydrogen-bond donors (Lipinski definition) is 1. The van der Waals surface area contributed by atoms with Crippen LogP contribution in [0, 0.1) is 5.82 Å². The number of esters is 1. The van der Waals surface area contributed by atoms with Gasteiger partial charge in [0, 0.05) is 11.8 Å². The molecule has 0 radical (unpaired) electrons. The summed E-state index contributed by atoms with van der Waals surface area (Å²) in [7, 11) is 1.20. The van der Waals surface area contributed by atoms with Gasteiger partial charge in [-0.3, -0.25) is 4.98 Å². The van der Waals surface area contributed by atoms with Crippen molar-refractivity contribution >= 4 is 11.9 Å². The molecule has 102 valence electrons. The van der Waals surface area contributed by atoms with E-state index in [0.717, 1.165) is 6.07 Å². The van der Waals surface area contributed by atoms with E-state index in [4.69, 9.17) is 5.11 Å². The minimum Gasteiger partial charge on any atom is -0.478 e. The lowest BCUT2D eigenvalue weighted by molar-refractivity contribution is 0.0599. The molecule has 0 spiro atoms. The maximum atomic E-state index is 13.5. The Labute approximate surface area is 113 Å². The number of hydrogen-bond acceptors (Lipinski definition) is 4. The summed E-state index contributed by atoms with van der Waals surface area (Å²) in [6, 6.07) is 6.49. The van der Waals surface area contributed by atoms with Crippen molar-refractivity contribution < 1.29 is 23.8 Å². The molecular formula is C14H10FNO4. The zero-order valence-electron chi connectivity index (χ0n) is 10.5. The third kappa shape index (κ3) is 2.80. The van der Waals surface area contributed by atoms with Gasteiger partial charge in [0.25, 0.3) is 0 Å². The van der Waals surface area contributed by atoms with Crippen molar-refractivity contribution in [3.05, 3.63) is 53.5 Å². The number of aromatic carboxylic acids is 1. The fourth-order valence-corrected chi connectivity index (χ4v) is 1.66. The third-order valence-corrected chi connectivity index (χ3v) is 2.63. The second-order valence-electron chi connectivity index (χ2n) is 3.96. The Balaban J connectivity index is 2.44. The minimum absolute atomic E-state index is 0.0262. The summed E-state index contributed by atoms with van der Waals surface area (Å²) in [4.78, 5) is 26.1. The first-order chi connectivity index (χ1) is 9.51. The molecule has 0 atom stereocenters. The normalized spacial score (nSPS) is 10.1. The number of methoxy groups -OCH3 is 1. The van der Waals surface area contributed by atoms with Crippen molar-refractivity contribution in [2.24, 2.45) is 0 Å². The fraction of sp³-hybridized carbons (Fsp3) is 0.0714. The summed E-state index contributed by atoms with van der Waals surface area (Å²) in [5.41, 5.74) is 0.812. The van der Waals surface area contributed by atoms with Crippen LogP contribution in [0.15, 0.2) is 36.5 Å². The van der Waals surface area contributed by atoms with Gasteiger partial charge < -0.3 is 9.84 Å². The number of aromatic nitrogens is 1. The average molecular weight is 275 g/mol. The largest absolute Gasteiger partial charge is 0.478 e. The Kier molecular flexibility index (Phi) is 3.74. The van der Waals surface area contributed by atoms with E-state index in [1.807, 2.05) is 0 Å². The number of rotatable bonds is 3. The van der Waals surface area contributed by atoms with E-state index in [9.17, 15) is 14.0 Å². The lowest BCUT2D eigenvalue weighted by Crippen LogP contribution is -2.02. The van der Waals surface area contributed by atoms with Gasteiger partial charge in [0.05, 0.1) is 23.9 Å². The number of carbonyl (C=O) groups excluding carboxylic acids is 1. The molecule has 1 heterocycles. The molecule has 0 unspecified atom stereocenters. The molecular weight excluding hydrogens is 265 g/mol. The van der Waals surface area contributed by atoms with E-state index in [-0.39, 0.29) is 11.1 Å². The number of ether oxygens (including phenoxy) is 1. The molecule has 0 aliphatic heterocycles. The molecule has 0 bridgehead atoms. The van der Waals surface area contributed by atoms with Gasteiger partial charge in [-0.05, 0) is 30.3 Å². The predicted octanol–water partition coefficient (Wildman–Crippen LogP) is 2.37. The van der Waals surface area contributed by atoms with Crippen LogP contribution in [0.1, 0.15) is 20.7 Å². The Morgan fingerprint density at radius 2 is 1.95 bits per heavy atom. The number of carboxylic acids is 1. The number of carbonyl (C=O) groups is 2. The Hall–Kier alpha value is -2.76. The lowest BCUT2D eigenvalue weighted by Gasteiger charge is -2.05. The monoisotopic (exact) mass is 275 g/mol. The van der Waals surface area contributed by atoms with E-state index in [0.29, 0.717) is 11.3 Å². The standard InChI is InChI=1S/C14H10FNO4/c1-20-14(19)10-4-9(5-11(15)6-10)12-3-2-8(7-16-12)13(17)18/h2-7H,1H3,(H,17,18). The van der Waals surface area contributed by atoms with Crippen molar-refractivity contribution in [1.82, 2.24) is 4.98 Å². The summed E-state index contributed by atoms with van der Waals surface area (Å²) in [6.07, 6.45) is 1.17. The van der Waals surface area contributed by atoms with E-state index in [1.165, 1.54) is 37.6 Å². The van der Waals surface area contributed by atoms with Gasteiger partial charge in [-0.2, -0.15) is 0 Å². The first-order valence-corrected chi connectivity index (χ1v) is 5.60. The van der Waals surface area contributed by atoms with Crippen LogP contribution >= 0.6 is 0 Å². The lowest BCUT2D eigenvalue weighted by atomic mass is 10.1. The molecule has 0 aliphatic carbocycles. The van der Waals surface area contributed by atoms with Gasteiger partial charge in [0.2, 0.25) is 0 Å². The highest BCUT2D eigenvalue weighted by Gasteiger charge is 2.11. The maximum Gasteiger partial charge on any atom is 0.337 e. The van der Waals surface area contributed by atoms with Crippen molar-refractivity contribution in [1.29, 1.82) is 0 Å². The first kappa shape index (κ1) is 13.7. The van der Waals surface area contributed by atoms with Crippen molar-refractivity contribution in [3.8, 4) is 11.3 Å². The highest BCUT2D eigenvalue weighted by molar-refractivity contribution is 5.91. The smallest absolute Gasteiger partial charge is 0.337 e. The number of benzene rings is 1. The molecule has 0 saturated carbocycles. The number of halogens is 1. The molecule has 2 aromatic rings. The van der Waals surface area contributed by atoms with Crippen LogP contribution in [0.2, 0.25) is 0 Å². The molecule has 1 N–H and O–H groups in total. The Bertz CT molecular complexity index is 667. The van der Waals surface area contributed by atoms with Gasteiger partial charge in [0.1, 0.15) is 5.82 Å². The van der Waals surface area contributed by atoms with Crippen LogP contribution in [0.25, 0.3) is 11.3 Å². The third-order valence-electron chi connectivity index (χ3n) is 2.63. The van der Waals surface area contributed by atoms with Crippen molar-refractivity contribution in [3.63, 3.8) is 0 Å². The molecule has 1 aromatic carbocycles. The Morgan fingerprint density at radius 3 is 2.50 bits per heavy atom. The van der Waals surface area contributed by atoms with Gasteiger partial charge in [-0.25, -0.2) is 14.0 Å². The number of nitrogens with zero attached hydrogens (tertiary/aromatic N) is 1. The summed E-state index contributed by atoms with van der Waals surface area (Å²) in [6.45, 7) is 0. The van der Waals surface area contributed by atoms with Crippen LogP contribution in [0.3, 0.4) is 0 Å². The van der Waals surface area contributed by atoms with E-state index in [1.54, 1.807) is 0 Å². The summed E-state index contributed by atoms with van der Waals surface area (Å²) in [5, 5.41) is 8.78. The predicted molar refractivity (Wildman–Crippen MR) is 67.9 cm³/mol. The van der Waals surface area contributed by atoms with Crippen LogP contribution in [0.4, 0.5) is 4.39 Å². The second kappa shape index (κ2) is 5.48. The highest BCUT2D eigenvalue weighted by Crippen LogP contribution is 2.21. The van der Waals surface area contributed by atoms with E-state index in [2.05, 4.69) is 9.72 Å². The average Bonchev–Trinajstić information content (AvgIpc) is 2.45. The van der Waals surface area contributed by atoms with Crippen molar-refractivity contribution in [2.45, 2.75) is 0 Å². The maximum absolute atomic E-state index is 13.5. The SMILES string of the molecule is COC(=O)c1cc(F)cc(-c2ccc(C(=O)O)cn2)c1. The van der Waals surface area contributed by atoms with Crippen molar-refractivity contribution in [2.75, 3.05) is 7.11 Å². The zero-order valence-corrected chi connectivity index (χ0v) is 10.5. The second-order valence-corrected chi connectivity index (χ2v) is 3.96. The molecule has 0 aliphatic rings. The van der Waals surface area contributed by atoms with E-state index < -0.39 is 17.8 Å². The number of pyridine rings is 1. The minimum atomic E-state index is -1.10. The van der Waals surface area contributed by atoms with Gasteiger partial charge in [-0.1, -0.05) is 0 Å². The summed E-state index contributed by atoms with van der Waals surface area (Å²) >= 11 is 0. The molecule has 5 nitrogen and oxygen atoms in total. The number of carboxylic acid groups (broad SMARTS) is 1. The fourth-order valence-electron chi connectivity index (χ4n) is 1.66. The van der Waals surface area contributed by atoms with Crippen LogP contribution in [-0.4, -0.2) is 29.1 Å². The van der Waals surface area contributed by atoms with Gasteiger partial charge >= 0.3 is 11.9 Å². The van der Waals surface area contributed by atoms with Crippen LogP contribution < -0.4 is 0 Å². The summed E-state index contributed by atoms with van der Waals surface area (Å²) in [5.74, 6) is -2.36. The zero-order chi connectivity index (χ0) is 14.7. The van der Waals surface area contributed by atoms with Crippen LogP contribution in [-0.2, 0) is 4.74 Å². The molecule has 1 aromatic heterocycles. The van der Waals surface area contributed by atoms with E-state index >= 15 is 0 Å². The highest BCUT2D eigenvalue weighted by atomic mass is 19.1.